The van der Waals surface area contributed by atoms with Gasteiger partial charge in [0, 0.05) is 6.54 Å². The maximum Gasteiger partial charge on any atom is 0.312 e. The lowest BCUT2D eigenvalue weighted by atomic mass is 10.1. The molecule has 0 spiro atoms. The van der Waals surface area contributed by atoms with Crippen LogP contribution in [0.3, 0.4) is 0 Å². The maximum absolute atomic E-state index is 12.3. The minimum Gasteiger partial charge on any atom is -0.354 e. The van der Waals surface area contributed by atoms with Gasteiger partial charge in [-0.1, -0.05) is 18.5 Å². The summed E-state index contributed by atoms with van der Waals surface area (Å²) in [5.41, 5.74) is 2.44. The van der Waals surface area contributed by atoms with E-state index in [1.165, 1.54) is 0 Å². The number of carbonyl (C=O) groups is 1. The van der Waals surface area contributed by atoms with Gasteiger partial charge in [0.1, 0.15) is 11.4 Å². The van der Waals surface area contributed by atoms with Crippen LogP contribution in [0.4, 0.5) is 5.69 Å². The number of hydrogen-bond acceptors (Lipinski definition) is 5. The second-order valence-electron chi connectivity index (χ2n) is 6.36. The van der Waals surface area contributed by atoms with Crippen LogP contribution in [0, 0.1) is 43.7 Å². The van der Waals surface area contributed by atoms with Crippen molar-refractivity contribution in [2.45, 2.75) is 47.7 Å². The van der Waals surface area contributed by atoms with Crippen LogP contribution in [0.15, 0.2) is 0 Å². The van der Waals surface area contributed by atoms with E-state index in [2.05, 4.69) is 15.5 Å². The zero-order chi connectivity index (χ0) is 19.6. The molecule has 1 atom stereocenters. The highest BCUT2D eigenvalue weighted by Crippen LogP contribution is 2.21. The van der Waals surface area contributed by atoms with Gasteiger partial charge in [0.05, 0.1) is 40.3 Å². The largest absolute Gasteiger partial charge is 0.354 e. The standard InChI is InChI=1S/C16H23ClN6O3/c1-9(8-22-12(4)14(17)10(2)19-22)16(24)18-6-7-21-13(5)15(23(25)26)11(3)20-21/h9H,6-8H2,1-5H3,(H,18,24). The summed E-state index contributed by atoms with van der Waals surface area (Å²) in [5.74, 6) is -0.413. The summed E-state index contributed by atoms with van der Waals surface area (Å²) >= 11 is 6.12. The van der Waals surface area contributed by atoms with Crippen molar-refractivity contribution in [3.8, 4) is 0 Å². The third-order valence-electron chi connectivity index (χ3n) is 4.34. The zero-order valence-corrected chi connectivity index (χ0v) is 16.3. The van der Waals surface area contributed by atoms with E-state index in [4.69, 9.17) is 11.6 Å². The van der Waals surface area contributed by atoms with E-state index in [-0.39, 0.29) is 17.5 Å². The Bertz CT molecular complexity index is 842. The molecule has 0 aliphatic heterocycles. The quantitative estimate of drug-likeness (QED) is 0.584. The van der Waals surface area contributed by atoms with Gasteiger partial charge in [0.2, 0.25) is 5.91 Å². The Morgan fingerprint density at radius 2 is 1.81 bits per heavy atom. The van der Waals surface area contributed by atoms with E-state index >= 15 is 0 Å². The Balaban J connectivity index is 1.91. The van der Waals surface area contributed by atoms with E-state index in [0.29, 0.717) is 36.0 Å². The molecule has 0 saturated heterocycles. The van der Waals surface area contributed by atoms with Crippen molar-refractivity contribution in [1.29, 1.82) is 0 Å². The molecule has 2 heterocycles. The molecule has 1 unspecified atom stereocenters. The molecule has 1 N–H and O–H groups in total. The topological polar surface area (TPSA) is 108 Å². The molecule has 2 rings (SSSR count). The first-order chi connectivity index (χ1) is 12.1. The van der Waals surface area contributed by atoms with Crippen LogP contribution in [0.1, 0.15) is 29.7 Å². The molecule has 10 heteroatoms. The number of aryl methyl sites for hydroxylation is 2. The summed E-state index contributed by atoms with van der Waals surface area (Å²) in [7, 11) is 0. The van der Waals surface area contributed by atoms with Gasteiger partial charge in [-0.2, -0.15) is 10.2 Å². The number of rotatable bonds is 7. The van der Waals surface area contributed by atoms with E-state index in [0.717, 1.165) is 11.4 Å². The van der Waals surface area contributed by atoms with Crippen molar-refractivity contribution >= 4 is 23.2 Å². The second kappa shape index (κ2) is 7.86. The molecule has 0 fully saturated rings. The van der Waals surface area contributed by atoms with Gasteiger partial charge in [0.25, 0.3) is 0 Å². The van der Waals surface area contributed by atoms with Crippen molar-refractivity contribution in [2.24, 2.45) is 5.92 Å². The Morgan fingerprint density at radius 3 is 2.31 bits per heavy atom. The van der Waals surface area contributed by atoms with Crippen LogP contribution >= 0.6 is 11.6 Å². The second-order valence-corrected chi connectivity index (χ2v) is 6.74. The summed E-state index contributed by atoms with van der Waals surface area (Å²) < 4.78 is 3.27. The van der Waals surface area contributed by atoms with Crippen LogP contribution in [0.2, 0.25) is 5.02 Å². The Hall–Kier alpha value is -2.42. The number of hydrogen-bond donors (Lipinski definition) is 1. The number of amides is 1. The molecule has 0 aliphatic carbocycles. The van der Waals surface area contributed by atoms with Crippen LogP contribution in [-0.2, 0) is 17.9 Å². The van der Waals surface area contributed by atoms with Crippen molar-refractivity contribution < 1.29 is 9.72 Å². The molecule has 1 amide bonds. The average Bonchev–Trinajstić information content (AvgIpc) is 2.98. The predicted octanol–water partition coefficient (Wildman–Crippen LogP) is 2.33. The number of aromatic nitrogens is 4. The summed E-state index contributed by atoms with van der Waals surface area (Å²) in [6, 6.07) is 0. The van der Waals surface area contributed by atoms with Crippen molar-refractivity contribution in [3.63, 3.8) is 0 Å². The summed E-state index contributed by atoms with van der Waals surface area (Å²) in [5, 5.41) is 23.0. The van der Waals surface area contributed by atoms with Crippen molar-refractivity contribution in [3.05, 3.63) is 37.9 Å². The third kappa shape index (κ3) is 4.04. The first kappa shape index (κ1) is 19.9. The van der Waals surface area contributed by atoms with Gasteiger partial charge in [-0.05, 0) is 27.7 Å². The number of nitrogens with zero attached hydrogens (tertiary/aromatic N) is 5. The molecular weight excluding hydrogens is 360 g/mol. The highest BCUT2D eigenvalue weighted by atomic mass is 35.5. The highest BCUT2D eigenvalue weighted by Gasteiger charge is 2.22. The van der Waals surface area contributed by atoms with Gasteiger partial charge >= 0.3 is 5.69 Å². The average molecular weight is 383 g/mol. The SMILES string of the molecule is Cc1nn(CC(C)C(=O)NCCn2nc(C)c([N+](=O)[O-])c2C)c(C)c1Cl. The molecule has 0 radical (unpaired) electrons. The van der Waals surface area contributed by atoms with Crippen LogP contribution in [0.25, 0.3) is 0 Å². The minimum atomic E-state index is -0.436. The fourth-order valence-corrected chi connectivity index (χ4v) is 2.96. The van der Waals surface area contributed by atoms with Gasteiger partial charge in [-0.3, -0.25) is 24.3 Å². The van der Waals surface area contributed by atoms with Crippen LogP contribution in [0.5, 0.6) is 0 Å². The third-order valence-corrected chi connectivity index (χ3v) is 4.88. The Labute approximate surface area is 156 Å². The molecule has 26 heavy (non-hydrogen) atoms. The number of nitrogens with one attached hydrogen (secondary N) is 1. The fraction of sp³-hybridized carbons (Fsp3) is 0.562. The summed E-state index contributed by atoms with van der Waals surface area (Å²) in [6.45, 7) is 9.87. The first-order valence-corrected chi connectivity index (χ1v) is 8.66. The van der Waals surface area contributed by atoms with Crippen LogP contribution < -0.4 is 5.32 Å². The van der Waals surface area contributed by atoms with Gasteiger partial charge in [-0.15, -0.1) is 0 Å². The lowest BCUT2D eigenvalue weighted by molar-refractivity contribution is -0.386. The van der Waals surface area contributed by atoms with Gasteiger partial charge in [0.15, 0.2) is 0 Å². The molecule has 0 aromatic carbocycles. The Kier molecular flexibility index (Phi) is 6.01. The van der Waals surface area contributed by atoms with Crippen LogP contribution in [-0.4, -0.2) is 36.9 Å². The predicted molar refractivity (Wildman–Crippen MR) is 97.2 cm³/mol. The number of nitro groups is 1. The number of carbonyl (C=O) groups excluding carboxylic acids is 1. The Morgan fingerprint density at radius 1 is 1.19 bits per heavy atom. The van der Waals surface area contributed by atoms with Crippen molar-refractivity contribution in [2.75, 3.05) is 6.54 Å². The van der Waals surface area contributed by atoms with E-state index in [1.54, 1.807) is 23.2 Å². The van der Waals surface area contributed by atoms with Crippen molar-refractivity contribution in [1.82, 2.24) is 24.9 Å². The molecule has 0 aliphatic rings. The summed E-state index contributed by atoms with van der Waals surface area (Å²) in [4.78, 5) is 22.9. The maximum atomic E-state index is 12.3. The number of halogens is 1. The van der Waals surface area contributed by atoms with Gasteiger partial charge < -0.3 is 5.32 Å². The first-order valence-electron chi connectivity index (χ1n) is 8.29. The molecular formula is C16H23ClN6O3. The molecule has 2 aromatic heterocycles. The fourth-order valence-electron chi connectivity index (χ4n) is 2.82. The van der Waals surface area contributed by atoms with E-state index in [1.807, 2.05) is 20.8 Å². The molecule has 0 saturated carbocycles. The lowest BCUT2D eigenvalue weighted by Gasteiger charge is -2.13. The van der Waals surface area contributed by atoms with E-state index < -0.39 is 4.92 Å². The highest BCUT2D eigenvalue weighted by molar-refractivity contribution is 6.31. The van der Waals surface area contributed by atoms with E-state index in [9.17, 15) is 14.9 Å². The smallest absolute Gasteiger partial charge is 0.312 e. The van der Waals surface area contributed by atoms with Gasteiger partial charge in [-0.25, -0.2) is 0 Å². The minimum absolute atomic E-state index is 0.0195. The normalized spacial score (nSPS) is 12.2. The molecule has 0 bridgehead atoms. The monoisotopic (exact) mass is 382 g/mol. The molecule has 9 nitrogen and oxygen atoms in total. The summed E-state index contributed by atoms with van der Waals surface area (Å²) in [6.07, 6.45) is 0. The lowest BCUT2D eigenvalue weighted by Crippen LogP contribution is -2.34. The molecule has 142 valence electrons. The molecule has 2 aromatic rings. The zero-order valence-electron chi connectivity index (χ0n) is 15.5.